The second-order valence-corrected chi connectivity index (χ2v) is 12.9. The summed E-state index contributed by atoms with van der Waals surface area (Å²) >= 11 is 0. The highest BCUT2D eigenvalue weighted by molar-refractivity contribution is 5.91. The van der Waals surface area contributed by atoms with Gasteiger partial charge >= 0.3 is 12.1 Å². The van der Waals surface area contributed by atoms with Crippen molar-refractivity contribution >= 4 is 28.6 Å². The number of rotatable bonds is 11. The van der Waals surface area contributed by atoms with Crippen LogP contribution in [-0.4, -0.2) is 100 Å². The lowest BCUT2D eigenvalue weighted by atomic mass is 9.69. The van der Waals surface area contributed by atoms with Crippen LogP contribution in [0, 0.1) is 11.2 Å². The second kappa shape index (κ2) is 13.3. The number of benzene rings is 1. The van der Waals surface area contributed by atoms with Crippen LogP contribution in [0.1, 0.15) is 38.2 Å². The third-order valence-electron chi connectivity index (χ3n) is 9.39. The van der Waals surface area contributed by atoms with E-state index in [9.17, 15) is 22.4 Å². The Balaban J connectivity index is 1.32. The molecule has 0 spiro atoms. The molecule has 4 aromatic rings. The molecular weight excluding hydrogens is 632 g/mol. The fourth-order valence-electron chi connectivity index (χ4n) is 6.74. The highest BCUT2D eigenvalue weighted by Gasteiger charge is 2.39. The highest BCUT2D eigenvalue weighted by atomic mass is 19.4. The smallest absolute Gasteiger partial charge is 0.416 e. The van der Waals surface area contributed by atoms with Crippen molar-refractivity contribution in [2.24, 2.45) is 5.41 Å². The molecule has 2 aliphatic rings. The fourth-order valence-corrected chi connectivity index (χ4v) is 6.74. The number of carboxylic acids is 1. The minimum Gasteiger partial charge on any atom is -0.481 e. The zero-order chi connectivity index (χ0) is 34.2. The first-order valence-corrected chi connectivity index (χ1v) is 15.9. The van der Waals surface area contributed by atoms with E-state index < -0.39 is 23.5 Å². The maximum Gasteiger partial charge on any atom is 0.416 e. The molecule has 3 aromatic heterocycles. The summed E-state index contributed by atoms with van der Waals surface area (Å²) in [6, 6.07) is 4.19. The summed E-state index contributed by atoms with van der Waals surface area (Å²) < 4.78 is 60.8. The van der Waals surface area contributed by atoms with Crippen LogP contribution in [0.2, 0.25) is 0 Å². The molecular formula is C33H38F4N8O3. The number of nitrogens with zero attached hydrogens (tertiary/aromatic N) is 7. The van der Waals surface area contributed by atoms with Crippen LogP contribution >= 0.6 is 0 Å². The normalized spacial score (nSPS) is 18.2. The van der Waals surface area contributed by atoms with E-state index in [1.54, 1.807) is 25.6 Å². The Bertz CT molecular complexity index is 1780. The van der Waals surface area contributed by atoms with Gasteiger partial charge < -0.3 is 24.6 Å². The molecule has 4 heterocycles. The lowest BCUT2D eigenvalue weighted by Gasteiger charge is -2.44. The van der Waals surface area contributed by atoms with Gasteiger partial charge in [0.1, 0.15) is 22.8 Å². The van der Waals surface area contributed by atoms with Crippen molar-refractivity contribution in [3.63, 3.8) is 0 Å². The maximum absolute atomic E-state index is 14.5. The lowest BCUT2D eigenvalue weighted by molar-refractivity contribution is -0.138. The van der Waals surface area contributed by atoms with E-state index in [0.29, 0.717) is 73.9 Å². The summed E-state index contributed by atoms with van der Waals surface area (Å²) in [6.07, 6.45) is 1.67. The first-order valence-electron chi connectivity index (χ1n) is 15.9. The van der Waals surface area contributed by atoms with Crippen LogP contribution in [0.3, 0.4) is 0 Å². The third kappa shape index (κ3) is 7.06. The van der Waals surface area contributed by atoms with Gasteiger partial charge in [-0.3, -0.25) is 9.69 Å². The molecule has 48 heavy (non-hydrogen) atoms. The van der Waals surface area contributed by atoms with Gasteiger partial charge in [0.15, 0.2) is 11.5 Å². The molecule has 0 bridgehead atoms. The fraction of sp³-hybridized carbons (Fsp3) is 0.485. The van der Waals surface area contributed by atoms with E-state index in [2.05, 4.69) is 41.6 Å². The van der Waals surface area contributed by atoms with E-state index in [1.165, 1.54) is 0 Å². The molecule has 1 aromatic carbocycles. The van der Waals surface area contributed by atoms with Gasteiger partial charge in [0.05, 0.1) is 42.4 Å². The summed E-state index contributed by atoms with van der Waals surface area (Å²) in [5.41, 5.74) is 0.872. The predicted octanol–water partition coefficient (Wildman–Crippen LogP) is 5.48. The Morgan fingerprint density at radius 1 is 1.12 bits per heavy atom. The molecule has 15 heteroatoms. The largest absolute Gasteiger partial charge is 0.481 e. The SMILES string of the molecule is COCC1(CN(C)c2cc(-c3cc(F)cc(C(F)(F)F)c3)nc3nc(-c4cnc(N5CCN(CCC(=O)O)[C@@H](C)C5)cn4)[nH]c23)CCC1. The zero-order valence-corrected chi connectivity index (χ0v) is 27.0. The van der Waals surface area contributed by atoms with E-state index in [4.69, 9.17) is 9.84 Å². The Morgan fingerprint density at radius 2 is 1.92 bits per heavy atom. The minimum absolute atomic E-state index is 0.0138. The number of anilines is 2. The molecule has 0 radical (unpaired) electrons. The van der Waals surface area contributed by atoms with Crippen LogP contribution in [0.25, 0.3) is 33.9 Å². The number of methoxy groups -OCH3 is 1. The molecule has 11 nitrogen and oxygen atoms in total. The number of pyridine rings is 1. The number of halogens is 4. The Hall–Kier alpha value is -4.37. The number of imidazole rings is 1. The number of alkyl halides is 3. The van der Waals surface area contributed by atoms with Gasteiger partial charge in [-0.1, -0.05) is 6.42 Å². The molecule has 0 unspecified atom stereocenters. The van der Waals surface area contributed by atoms with Crippen molar-refractivity contribution in [2.45, 2.75) is 44.8 Å². The predicted molar refractivity (Wildman–Crippen MR) is 172 cm³/mol. The van der Waals surface area contributed by atoms with Gasteiger partial charge in [-0.05, 0) is 44.0 Å². The van der Waals surface area contributed by atoms with Crippen molar-refractivity contribution in [2.75, 3.05) is 63.3 Å². The molecule has 0 amide bonds. The molecule has 2 N–H and O–H groups in total. The summed E-state index contributed by atoms with van der Waals surface area (Å²) in [5.74, 6) is -0.782. The summed E-state index contributed by atoms with van der Waals surface area (Å²) in [4.78, 5) is 39.1. The number of nitrogens with one attached hydrogen (secondary N) is 1. The number of carbonyl (C=O) groups is 1. The zero-order valence-electron chi connectivity index (χ0n) is 27.0. The van der Waals surface area contributed by atoms with Crippen LogP contribution in [0.15, 0.2) is 36.7 Å². The highest BCUT2D eigenvalue weighted by Crippen LogP contribution is 2.43. The van der Waals surface area contributed by atoms with Crippen LogP contribution in [-0.2, 0) is 15.7 Å². The Labute approximate surface area is 275 Å². The van der Waals surface area contributed by atoms with Crippen molar-refractivity contribution in [3.8, 4) is 22.8 Å². The van der Waals surface area contributed by atoms with Gasteiger partial charge in [-0.25, -0.2) is 24.3 Å². The van der Waals surface area contributed by atoms with Crippen molar-refractivity contribution < 1.29 is 32.2 Å². The summed E-state index contributed by atoms with van der Waals surface area (Å²) in [5, 5.41) is 9.03. The number of fused-ring (bicyclic) bond motifs is 1. The number of aliphatic carboxylic acids is 1. The number of aromatic amines is 1. The van der Waals surface area contributed by atoms with Crippen molar-refractivity contribution in [1.82, 2.24) is 29.8 Å². The van der Waals surface area contributed by atoms with E-state index >= 15 is 0 Å². The van der Waals surface area contributed by atoms with Crippen LogP contribution in [0.5, 0.6) is 0 Å². The van der Waals surface area contributed by atoms with E-state index in [1.807, 2.05) is 11.9 Å². The van der Waals surface area contributed by atoms with Crippen molar-refractivity contribution in [1.29, 1.82) is 0 Å². The third-order valence-corrected chi connectivity index (χ3v) is 9.39. The molecule has 1 aliphatic carbocycles. The molecule has 256 valence electrons. The average molecular weight is 671 g/mol. The van der Waals surface area contributed by atoms with Gasteiger partial charge in [0.2, 0.25) is 0 Å². The number of hydrogen-bond donors (Lipinski definition) is 2. The first-order chi connectivity index (χ1) is 22.8. The Morgan fingerprint density at radius 3 is 2.54 bits per heavy atom. The minimum atomic E-state index is -4.73. The molecule has 6 rings (SSSR count). The maximum atomic E-state index is 14.5. The van der Waals surface area contributed by atoms with Crippen LogP contribution in [0.4, 0.5) is 29.1 Å². The molecule has 1 atom stereocenters. The van der Waals surface area contributed by atoms with Crippen LogP contribution < -0.4 is 9.80 Å². The van der Waals surface area contributed by atoms with E-state index in [0.717, 1.165) is 31.4 Å². The van der Waals surface area contributed by atoms with Gasteiger partial charge in [0, 0.05) is 63.9 Å². The lowest BCUT2D eigenvalue weighted by Crippen LogP contribution is -2.52. The quantitative estimate of drug-likeness (QED) is 0.199. The number of H-pyrrole nitrogens is 1. The monoisotopic (exact) mass is 670 g/mol. The molecule has 1 saturated heterocycles. The van der Waals surface area contributed by atoms with Gasteiger partial charge in [-0.15, -0.1) is 0 Å². The number of piperazine rings is 1. The molecule has 1 saturated carbocycles. The first kappa shape index (κ1) is 33.5. The summed E-state index contributed by atoms with van der Waals surface area (Å²) in [7, 11) is 3.57. The van der Waals surface area contributed by atoms with E-state index in [-0.39, 0.29) is 34.8 Å². The van der Waals surface area contributed by atoms with Gasteiger partial charge in [0.25, 0.3) is 0 Å². The van der Waals surface area contributed by atoms with Gasteiger partial charge in [-0.2, -0.15) is 13.2 Å². The average Bonchev–Trinajstić information content (AvgIpc) is 3.46. The number of ether oxygens (including phenoxy) is 1. The second-order valence-electron chi connectivity index (χ2n) is 12.9. The number of aromatic nitrogens is 5. The summed E-state index contributed by atoms with van der Waals surface area (Å²) in [6.45, 7) is 5.78. The van der Waals surface area contributed by atoms with Crippen molar-refractivity contribution in [3.05, 3.63) is 48.0 Å². The Kier molecular flexibility index (Phi) is 9.27. The number of hydrogen-bond acceptors (Lipinski definition) is 9. The topological polar surface area (TPSA) is 124 Å². The number of carboxylic acid groups (broad SMARTS) is 1. The molecule has 1 aliphatic heterocycles. The standard InChI is InChI=1S/C33H38F4N8O3/c1-20-17-45(10-9-44(20)8-5-28(46)47)27-16-38-25(15-39-27)30-41-29-26(43(2)18-32(19-48-3)6-4-7-32)14-24(40-31(29)42-30)21-11-22(33(35,36)37)13-23(34)12-21/h11-16,20H,4-10,17-19H2,1-3H3,(H,46,47)(H,40,41,42)/t20-/m0/s1. The molecule has 2 fully saturated rings.